The molecule has 3 nitrogen and oxygen atoms in total. The predicted molar refractivity (Wildman–Crippen MR) is 72.6 cm³/mol. The number of carbonyl (C=O) groups is 1. The van der Waals surface area contributed by atoms with E-state index in [1.54, 1.807) is 6.07 Å². The van der Waals surface area contributed by atoms with Crippen molar-refractivity contribution in [2.75, 3.05) is 17.2 Å². The number of halogens is 2. The second-order valence-corrected chi connectivity index (χ2v) is 4.71. The van der Waals surface area contributed by atoms with Crippen LogP contribution in [0.2, 0.25) is 0 Å². The average molecular weight is 274 g/mol. The molecule has 2 aromatic rings. The molecule has 0 saturated heterocycles. The molecule has 0 spiro atoms. The molecule has 2 aromatic carbocycles. The lowest BCUT2D eigenvalue weighted by atomic mass is 10.1. The summed E-state index contributed by atoms with van der Waals surface area (Å²) in [5, 5.41) is 0. The van der Waals surface area contributed by atoms with Crippen LogP contribution in [0.5, 0.6) is 0 Å². The standard InChI is InChI=1S/C15H12F2N2O/c16-10-3-4-12(13(18)7-10)15(20)19-6-5-9-1-2-11(17)8-14(9)19/h1-4,7-8H,5-6,18H2. The van der Waals surface area contributed by atoms with Crippen molar-refractivity contribution in [1.29, 1.82) is 0 Å². The summed E-state index contributed by atoms with van der Waals surface area (Å²) < 4.78 is 26.3. The molecule has 2 N–H and O–H groups in total. The van der Waals surface area contributed by atoms with Crippen LogP contribution in [0, 0.1) is 11.6 Å². The first-order valence-electron chi connectivity index (χ1n) is 6.21. The van der Waals surface area contributed by atoms with Crippen molar-refractivity contribution in [2.24, 2.45) is 0 Å². The maximum absolute atomic E-state index is 13.3. The second kappa shape index (κ2) is 4.59. The molecule has 20 heavy (non-hydrogen) atoms. The number of benzene rings is 2. The number of rotatable bonds is 1. The third-order valence-electron chi connectivity index (χ3n) is 3.43. The molecule has 1 heterocycles. The number of hydrogen-bond acceptors (Lipinski definition) is 2. The third-order valence-corrected chi connectivity index (χ3v) is 3.43. The molecule has 0 aromatic heterocycles. The lowest BCUT2D eigenvalue weighted by Crippen LogP contribution is -2.29. The van der Waals surface area contributed by atoms with Gasteiger partial charge in [-0.1, -0.05) is 6.07 Å². The molecule has 0 fully saturated rings. The van der Waals surface area contributed by atoms with Crippen molar-refractivity contribution in [1.82, 2.24) is 0 Å². The summed E-state index contributed by atoms with van der Waals surface area (Å²) in [6.07, 6.45) is 0.669. The van der Waals surface area contributed by atoms with Crippen LogP contribution in [0.1, 0.15) is 15.9 Å². The van der Waals surface area contributed by atoms with Crippen molar-refractivity contribution in [3.8, 4) is 0 Å². The first-order valence-corrected chi connectivity index (χ1v) is 6.21. The molecule has 1 aliphatic rings. The molecule has 0 unspecified atom stereocenters. The SMILES string of the molecule is Nc1cc(F)ccc1C(=O)N1CCc2ccc(F)cc21. The maximum Gasteiger partial charge on any atom is 0.260 e. The fourth-order valence-electron chi connectivity index (χ4n) is 2.44. The van der Waals surface area contributed by atoms with Gasteiger partial charge in [0.05, 0.1) is 11.3 Å². The fraction of sp³-hybridized carbons (Fsp3) is 0.133. The Labute approximate surface area is 114 Å². The topological polar surface area (TPSA) is 46.3 Å². The van der Waals surface area contributed by atoms with Gasteiger partial charge in [-0.3, -0.25) is 4.79 Å². The molecule has 0 radical (unpaired) electrons. The Morgan fingerprint density at radius 1 is 1.10 bits per heavy atom. The molecule has 1 amide bonds. The van der Waals surface area contributed by atoms with Gasteiger partial charge in [0.15, 0.2) is 0 Å². The Morgan fingerprint density at radius 2 is 1.80 bits per heavy atom. The summed E-state index contributed by atoms with van der Waals surface area (Å²) in [5.41, 5.74) is 7.46. The minimum Gasteiger partial charge on any atom is -0.398 e. The quantitative estimate of drug-likeness (QED) is 0.813. The smallest absolute Gasteiger partial charge is 0.260 e. The van der Waals surface area contributed by atoms with Gasteiger partial charge < -0.3 is 10.6 Å². The summed E-state index contributed by atoms with van der Waals surface area (Å²) >= 11 is 0. The lowest BCUT2D eigenvalue weighted by molar-refractivity contribution is 0.0990. The summed E-state index contributed by atoms with van der Waals surface area (Å²) in [5.74, 6) is -1.23. The second-order valence-electron chi connectivity index (χ2n) is 4.71. The zero-order valence-electron chi connectivity index (χ0n) is 10.6. The predicted octanol–water partition coefficient (Wildman–Crippen LogP) is 2.75. The van der Waals surface area contributed by atoms with Gasteiger partial charge in [-0.25, -0.2) is 8.78 Å². The minimum atomic E-state index is -0.494. The van der Waals surface area contributed by atoms with Gasteiger partial charge in [-0.2, -0.15) is 0 Å². The van der Waals surface area contributed by atoms with Crippen LogP contribution in [-0.2, 0) is 6.42 Å². The highest BCUT2D eigenvalue weighted by molar-refractivity contribution is 6.10. The summed E-state index contributed by atoms with van der Waals surface area (Å²) in [7, 11) is 0. The molecule has 5 heteroatoms. The minimum absolute atomic E-state index is 0.0832. The van der Waals surface area contributed by atoms with Crippen LogP contribution in [0.4, 0.5) is 20.2 Å². The number of anilines is 2. The van der Waals surface area contributed by atoms with E-state index < -0.39 is 11.6 Å². The Kier molecular flexibility index (Phi) is 2.89. The molecule has 102 valence electrons. The number of carbonyl (C=O) groups excluding carboxylic acids is 1. The number of nitrogens with two attached hydrogens (primary N) is 1. The van der Waals surface area contributed by atoms with Crippen LogP contribution >= 0.6 is 0 Å². The van der Waals surface area contributed by atoms with Gasteiger partial charge in [-0.15, -0.1) is 0 Å². The monoisotopic (exact) mass is 274 g/mol. The molecule has 3 rings (SSSR count). The first kappa shape index (κ1) is 12.6. The van der Waals surface area contributed by atoms with Crippen molar-refractivity contribution >= 4 is 17.3 Å². The van der Waals surface area contributed by atoms with E-state index >= 15 is 0 Å². The van der Waals surface area contributed by atoms with E-state index in [0.29, 0.717) is 18.7 Å². The summed E-state index contributed by atoms with van der Waals surface area (Å²) in [6.45, 7) is 0.467. The molecule has 0 saturated carbocycles. The van der Waals surface area contributed by atoms with Gasteiger partial charge in [0.25, 0.3) is 5.91 Å². The summed E-state index contributed by atoms with van der Waals surface area (Å²) in [4.78, 5) is 13.9. The summed E-state index contributed by atoms with van der Waals surface area (Å²) in [6, 6.07) is 8.03. The fourth-order valence-corrected chi connectivity index (χ4v) is 2.44. The Bertz CT molecular complexity index is 700. The van der Waals surface area contributed by atoms with Gasteiger partial charge in [0.1, 0.15) is 11.6 Å². The van der Waals surface area contributed by atoms with Gasteiger partial charge in [-0.05, 0) is 42.3 Å². The van der Waals surface area contributed by atoms with E-state index in [9.17, 15) is 13.6 Å². The van der Waals surface area contributed by atoms with Crippen LogP contribution < -0.4 is 10.6 Å². The van der Waals surface area contributed by atoms with E-state index in [1.165, 1.54) is 29.2 Å². The number of fused-ring (bicyclic) bond motifs is 1. The van der Waals surface area contributed by atoms with Crippen molar-refractivity contribution < 1.29 is 13.6 Å². The van der Waals surface area contributed by atoms with Crippen molar-refractivity contribution in [3.63, 3.8) is 0 Å². The van der Waals surface area contributed by atoms with E-state index in [-0.39, 0.29) is 17.2 Å². The molecule has 0 bridgehead atoms. The Morgan fingerprint density at radius 3 is 2.55 bits per heavy atom. The van der Waals surface area contributed by atoms with Crippen LogP contribution in [0.15, 0.2) is 36.4 Å². The number of nitrogens with zero attached hydrogens (tertiary/aromatic N) is 1. The number of hydrogen-bond donors (Lipinski definition) is 1. The molecule has 0 aliphatic carbocycles. The molecule has 0 atom stereocenters. The van der Waals surface area contributed by atoms with E-state index in [2.05, 4.69) is 0 Å². The van der Waals surface area contributed by atoms with Crippen molar-refractivity contribution in [3.05, 3.63) is 59.2 Å². The lowest BCUT2D eigenvalue weighted by Gasteiger charge is -2.18. The largest absolute Gasteiger partial charge is 0.398 e. The van der Waals surface area contributed by atoms with Crippen LogP contribution in [-0.4, -0.2) is 12.5 Å². The number of nitrogen functional groups attached to an aromatic ring is 1. The van der Waals surface area contributed by atoms with E-state index in [0.717, 1.165) is 11.6 Å². The maximum atomic E-state index is 13.3. The Balaban J connectivity index is 1.99. The molecular weight excluding hydrogens is 262 g/mol. The zero-order chi connectivity index (χ0) is 14.3. The van der Waals surface area contributed by atoms with E-state index in [4.69, 9.17) is 5.73 Å². The first-order chi connectivity index (χ1) is 9.56. The highest BCUT2D eigenvalue weighted by Crippen LogP contribution is 2.30. The van der Waals surface area contributed by atoms with Crippen LogP contribution in [0.3, 0.4) is 0 Å². The van der Waals surface area contributed by atoms with Gasteiger partial charge in [0, 0.05) is 12.2 Å². The Hall–Kier alpha value is -2.43. The zero-order valence-corrected chi connectivity index (χ0v) is 10.6. The highest BCUT2D eigenvalue weighted by atomic mass is 19.1. The van der Waals surface area contributed by atoms with Gasteiger partial charge >= 0.3 is 0 Å². The molecule has 1 aliphatic heterocycles. The highest BCUT2D eigenvalue weighted by Gasteiger charge is 2.27. The normalized spacial score (nSPS) is 13.4. The third kappa shape index (κ3) is 2.01. The number of amides is 1. The van der Waals surface area contributed by atoms with Crippen LogP contribution in [0.25, 0.3) is 0 Å². The van der Waals surface area contributed by atoms with Crippen molar-refractivity contribution in [2.45, 2.75) is 6.42 Å². The van der Waals surface area contributed by atoms with Gasteiger partial charge in [0.2, 0.25) is 0 Å². The average Bonchev–Trinajstić information content (AvgIpc) is 2.81. The molecular formula is C15H12F2N2O. The van der Waals surface area contributed by atoms with E-state index in [1.807, 2.05) is 0 Å².